The maximum absolute atomic E-state index is 12.8. The lowest BCUT2D eigenvalue weighted by molar-refractivity contribution is 0.0542. The van der Waals surface area contributed by atoms with E-state index in [4.69, 9.17) is 4.74 Å². The first-order valence-electron chi connectivity index (χ1n) is 8.29. The molecule has 6 heteroatoms. The summed E-state index contributed by atoms with van der Waals surface area (Å²) in [5.74, 6) is 0.908. The Balaban J connectivity index is 1.81. The molecule has 0 N–H and O–H groups in total. The molecular formula is C18H24N4O2. The summed E-state index contributed by atoms with van der Waals surface area (Å²) in [6.07, 6.45) is 3.47. The highest BCUT2D eigenvalue weighted by molar-refractivity contribution is 5.93. The lowest BCUT2D eigenvalue weighted by Gasteiger charge is -2.40. The minimum absolute atomic E-state index is 0.0442. The number of nitrogens with zero attached hydrogens (tertiary/aromatic N) is 4. The van der Waals surface area contributed by atoms with E-state index < -0.39 is 0 Å². The number of aromatic nitrogens is 2. The quantitative estimate of drug-likeness (QED) is 0.862. The van der Waals surface area contributed by atoms with Gasteiger partial charge in [-0.15, -0.1) is 0 Å². The second-order valence-electron chi connectivity index (χ2n) is 6.07. The topological polar surface area (TPSA) is 50.6 Å². The summed E-state index contributed by atoms with van der Waals surface area (Å²) in [6.45, 7) is 4.97. The summed E-state index contributed by atoms with van der Waals surface area (Å²) in [6, 6.07) is 8.14. The van der Waals surface area contributed by atoms with Crippen LogP contribution in [-0.2, 0) is 6.54 Å². The van der Waals surface area contributed by atoms with E-state index in [1.54, 1.807) is 18.0 Å². The van der Waals surface area contributed by atoms with E-state index in [9.17, 15) is 4.79 Å². The van der Waals surface area contributed by atoms with Crippen molar-refractivity contribution < 1.29 is 9.53 Å². The number of likely N-dealkylation sites (N-methyl/N-ethyl adjacent to an activating group) is 1. The summed E-state index contributed by atoms with van der Waals surface area (Å²) in [7, 11) is 3.78. The van der Waals surface area contributed by atoms with Crippen LogP contribution >= 0.6 is 0 Å². The number of rotatable bonds is 4. The molecule has 1 aliphatic rings. The van der Waals surface area contributed by atoms with Gasteiger partial charge in [0.25, 0.3) is 5.91 Å². The number of aryl methyl sites for hydroxylation is 1. The second-order valence-corrected chi connectivity index (χ2v) is 6.07. The summed E-state index contributed by atoms with van der Waals surface area (Å²) >= 11 is 0. The van der Waals surface area contributed by atoms with Gasteiger partial charge in [-0.3, -0.25) is 14.4 Å². The molecule has 0 bridgehead atoms. The highest BCUT2D eigenvalue weighted by Gasteiger charge is 2.30. The third-order valence-corrected chi connectivity index (χ3v) is 4.64. The highest BCUT2D eigenvalue weighted by atomic mass is 16.5. The predicted molar refractivity (Wildman–Crippen MR) is 92.2 cm³/mol. The van der Waals surface area contributed by atoms with E-state index in [0.717, 1.165) is 30.9 Å². The number of amides is 1. The van der Waals surface area contributed by atoms with Crippen LogP contribution < -0.4 is 4.74 Å². The molecule has 1 amide bonds. The van der Waals surface area contributed by atoms with Crippen LogP contribution in [0, 0.1) is 0 Å². The van der Waals surface area contributed by atoms with Gasteiger partial charge < -0.3 is 9.64 Å². The van der Waals surface area contributed by atoms with Gasteiger partial charge in [0.2, 0.25) is 0 Å². The molecule has 0 spiro atoms. The smallest absolute Gasteiger partial charge is 0.257 e. The van der Waals surface area contributed by atoms with Gasteiger partial charge in [0.15, 0.2) is 0 Å². The molecule has 0 aliphatic carbocycles. The van der Waals surface area contributed by atoms with E-state index in [1.807, 2.05) is 36.2 Å². The van der Waals surface area contributed by atoms with Crippen LogP contribution in [0.5, 0.6) is 5.75 Å². The van der Waals surface area contributed by atoms with Gasteiger partial charge in [0, 0.05) is 37.9 Å². The third-order valence-electron chi connectivity index (χ3n) is 4.64. The van der Waals surface area contributed by atoms with E-state index in [1.165, 1.54) is 0 Å². The maximum Gasteiger partial charge on any atom is 0.257 e. The molecule has 0 unspecified atom stereocenters. The number of benzene rings is 1. The van der Waals surface area contributed by atoms with Crippen molar-refractivity contribution in [2.75, 3.05) is 33.8 Å². The molecule has 0 radical (unpaired) electrons. The average Bonchev–Trinajstić information content (AvgIpc) is 3.10. The standard InChI is InChI=1S/C18H24N4O2/c1-4-22-12-14(11-19-22)18(23)21-10-9-20(2)16(13-21)15-7-5-6-8-17(15)24-3/h5-8,11-12,16H,4,9-10,13H2,1-3H3/t16-/m1/s1. The Labute approximate surface area is 142 Å². The van der Waals surface area contributed by atoms with E-state index >= 15 is 0 Å². The summed E-state index contributed by atoms with van der Waals surface area (Å²) in [5, 5.41) is 4.21. The Bertz CT molecular complexity index is 713. The Morgan fingerprint density at radius 1 is 1.33 bits per heavy atom. The van der Waals surface area contributed by atoms with Crippen molar-refractivity contribution >= 4 is 5.91 Å². The molecule has 24 heavy (non-hydrogen) atoms. The average molecular weight is 328 g/mol. The Hall–Kier alpha value is -2.34. The van der Waals surface area contributed by atoms with Gasteiger partial charge in [0.1, 0.15) is 5.75 Å². The normalized spacial score (nSPS) is 18.6. The molecule has 1 atom stereocenters. The molecular weight excluding hydrogens is 304 g/mol. The van der Waals surface area contributed by atoms with Crippen molar-refractivity contribution in [1.29, 1.82) is 0 Å². The Kier molecular flexibility index (Phi) is 4.85. The first kappa shape index (κ1) is 16.5. The zero-order valence-corrected chi connectivity index (χ0v) is 14.5. The van der Waals surface area contributed by atoms with Crippen LogP contribution in [0.3, 0.4) is 0 Å². The Morgan fingerprint density at radius 3 is 2.83 bits per heavy atom. The molecule has 2 heterocycles. The fourth-order valence-electron chi connectivity index (χ4n) is 3.17. The number of hydrogen-bond acceptors (Lipinski definition) is 4. The molecule has 1 aromatic heterocycles. The van der Waals surface area contributed by atoms with Gasteiger partial charge in [-0.2, -0.15) is 5.10 Å². The minimum Gasteiger partial charge on any atom is -0.496 e. The van der Waals surface area contributed by atoms with E-state index in [0.29, 0.717) is 12.1 Å². The van der Waals surface area contributed by atoms with E-state index in [2.05, 4.69) is 23.1 Å². The van der Waals surface area contributed by atoms with Crippen molar-refractivity contribution in [1.82, 2.24) is 19.6 Å². The van der Waals surface area contributed by atoms with Gasteiger partial charge in [0.05, 0.1) is 24.9 Å². The molecule has 1 saturated heterocycles. The monoisotopic (exact) mass is 328 g/mol. The SMILES string of the molecule is CCn1cc(C(=O)N2CCN(C)[C@@H](c3ccccc3OC)C2)cn1. The number of para-hydroxylation sites is 1. The van der Waals surface area contributed by atoms with Crippen molar-refractivity contribution in [3.63, 3.8) is 0 Å². The second kappa shape index (κ2) is 7.05. The molecule has 2 aromatic rings. The van der Waals surface area contributed by atoms with Crippen molar-refractivity contribution in [2.24, 2.45) is 0 Å². The lowest BCUT2D eigenvalue weighted by atomic mass is 10.0. The van der Waals surface area contributed by atoms with Crippen LogP contribution in [0.4, 0.5) is 0 Å². The molecule has 0 saturated carbocycles. The van der Waals surface area contributed by atoms with Crippen LogP contribution in [0.2, 0.25) is 0 Å². The summed E-state index contributed by atoms with van der Waals surface area (Å²) < 4.78 is 7.28. The summed E-state index contributed by atoms with van der Waals surface area (Å²) in [4.78, 5) is 17.0. The highest BCUT2D eigenvalue weighted by Crippen LogP contribution is 2.31. The number of hydrogen-bond donors (Lipinski definition) is 0. The molecule has 1 fully saturated rings. The first-order valence-corrected chi connectivity index (χ1v) is 8.29. The third kappa shape index (κ3) is 3.14. The number of carbonyl (C=O) groups excluding carboxylic acids is 1. The van der Waals surface area contributed by atoms with Crippen LogP contribution in [0.15, 0.2) is 36.7 Å². The summed E-state index contributed by atoms with van der Waals surface area (Å²) in [5.41, 5.74) is 1.77. The van der Waals surface area contributed by atoms with Crippen molar-refractivity contribution in [3.05, 3.63) is 47.8 Å². The van der Waals surface area contributed by atoms with Crippen LogP contribution in [0.1, 0.15) is 28.9 Å². The fraction of sp³-hybridized carbons (Fsp3) is 0.444. The molecule has 1 aromatic carbocycles. The minimum atomic E-state index is 0.0442. The van der Waals surface area contributed by atoms with Gasteiger partial charge in [-0.1, -0.05) is 18.2 Å². The maximum atomic E-state index is 12.8. The van der Waals surface area contributed by atoms with Crippen LogP contribution in [-0.4, -0.2) is 59.3 Å². The van der Waals surface area contributed by atoms with E-state index in [-0.39, 0.29) is 11.9 Å². The number of ether oxygens (including phenoxy) is 1. The number of piperazine rings is 1. The zero-order chi connectivity index (χ0) is 17.1. The van der Waals surface area contributed by atoms with Crippen molar-refractivity contribution in [2.45, 2.75) is 19.5 Å². The molecule has 3 rings (SSSR count). The van der Waals surface area contributed by atoms with Crippen molar-refractivity contribution in [3.8, 4) is 5.75 Å². The Morgan fingerprint density at radius 2 is 2.12 bits per heavy atom. The molecule has 128 valence electrons. The zero-order valence-electron chi connectivity index (χ0n) is 14.5. The molecule has 1 aliphatic heterocycles. The predicted octanol–water partition coefficient (Wildman–Crippen LogP) is 2.04. The lowest BCUT2D eigenvalue weighted by Crippen LogP contribution is -2.49. The fourth-order valence-corrected chi connectivity index (χ4v) is 3.17. The van der Waals surface area contributed by atoms with Gasteiger partial charge in [-0.25, -0.2) is 0 Å². The number of carbonyl (C=O) groups is 1. The van der Waals surface area contributed by atoms with Crippen LogP contribution in [0.25, 0.3) is 0 Å². The van der Waals surface area contributed by atoms with Gasteiger partial charge >= 0.3 is 0 Å². The van der Waals surface area contributed by atoms with Gasteiger partial charge in [-0.05, 0) is 20.0 Å². The molecule has 6 nitrogen and oxygen atoms in total. The first-order chi connectivity index (χ1) is 11.6. The number of methoxy groups -OCH3 is 1. The largest absolute Gasteiger partial charge is 0.496 e.